The SMILES string of the molecule is CCN(CC)S(=O)(=O)c1cc(C(=O)Nc2ccccc2C(=O)N2CCCCC2)ccc1OC. The number of benzene rings is 2. The number of hydrogen-bond acceptors (Lipinski definition) is 5. The molecule has 1 aliphatic rings. The monoisotopic (exact) mass is 473 g/mol. The summed E-state index contributed by atoms with van der Waals surface area (Å²) >= 11 is 0. The standard InChI is InChI=1S/C24H31N3O5S/c1-4-27(5-2)33(30,31)22-17-18(13-14-21(22)32-3)23(28)25-20-12-8-7-11-19(20)24(29)26-15-9-6-10-16-26/h7-8,11-14,17H,4-6,9-10,15-16H2,1-3H3,(H,25,28). The van der Waals surface area contributed by atoms with E-state index in [1.807, 2.05) is 0 Å². The summed E-state index contributed by atoms with van der Waals surface area (Å²) in [6.45, 7) is 5.49. The van der Waals surface area contributed by atoms with Gasteiger partial charge in [0.2, 0.25) is 10.0 Å². The first kappa shape index (κ1) is 24.7. The molecule has 1 N–H and O–H groups in total. The number of sulfonamides is 1. The molecule has 0 atom stereocenters. The first-order valence-corrected chi connectivity index (χ1v) is 12.6. The molecule has 1 saturated heterocycles. The van der Waals surface area contributed by atoms with Crippen molar-refractivity contribution in [2.24, 2.45) is 0 Å². The number of carbonyl (C=O) groups is 2. The Labute approximate surface area is 195 Å². The lowest BCUT2D eigenvalue weighted by atomic mass is 10.1. The van der Waals surface area contributed by atoms with E-state index in [9.17, 15) is 18.0 Å². The minimum atomic E-state index is -3.84. The second-order valence-electron chi connectivity index (χ2n) is 7.81. The third-order valence-corrected chi connectivity index (χ3v) is 7.87. The fourth-order valence-electron chi connectivity index (χ4n) is 3.96. The van der Waals surface area contributed by atoms with Crippen LogP contribution >= 0.6 is 0 Å². The molecule has 0 unspecified atom stereocenters. The fraction of sp³-hybridized carbons (Fsp3) is 0.417. The molecule has 0 aliphatic carbocycles. The van der Waals surface area contributed by atoms with Gasteiger partial charge >= 0.3 is 0 Å². The Hall–Kier alpha value is -2.91. The number of likely N-dealkylation sites (tertiary alicyclic amines) is 1. The van der Waals surface area contributed by atoms with Crippen LogP contribution < -0.4 is 10.1 Å². The largest absolute Gasteiger partial charge is 0.495 e. The summed E-state index contributed by atoms with van der Waals surface area (Å²) in [6.07, 6.45) is 3.05. The third kappa shape index (κ3) is 5.36. The van der Waals surface area contributed by atoms with E-state index in [1.54, 1.807) is 43.0 Å². The van der Waals surface area contributed by atoms with Crippen LogP contribution in [0.2, 0.25) is 0 Å². The summed E-state index contributed by atoms with van der Waals surface area (Å²) < 4.78 is 32.7. The molecule has 0 saturated carbocycles. The van der Waals surface area contributed by atoms with Crippen LogP contribution in [-0.4, -0.2) is 62.7 Å². The summed E-state index contributed by atoms with van der Waals surface area (Å²) in [5.74, 6) is -0.461. The van der Waals surface area contributed by atoms with Gasteiger partial charge in [0.05, 0.1) is 18.4 Å². The average Bonchev–Trinajstić information content (AvgIpc) is 2.84. The van der Waals surface area contributed by atoms with Crippen LogP contribution in [0.5, 0.6) is 5.75 Å². The number of ether oxygens (including phenoxy) is 1. The number of nitrogens with one attached hydrogen (secondary N) is 1. The first-order valence-electron chi connectivity index (χ1n) is 11.2. The van der Waals surface area contributed by atoms with Gasteiger partial charge in [0.1, 0.15) is 10.6 Å². The molecule has 9 heteroatoms. The Bertz CT molecular complexity index is 1110. The summed E-state index contributed by atoms with van der Waals surface area (Å²) in [5, 5.41) is 2.78. The number of nitrogens with zero attached hydrogens (tertiary/aromatic N) is 2. The Morgan fingerprint density at radius 2 is 1.70 bits per heavy atom. The van der Waals surface area contributed by atoms with Crippen molar-refractivity contribution < 1.29 is 22.7 Å². The van der Waals surface area contributed by atoms with Gasteiger partial charge in [-0.1, -0.05) is 26.0 Å². The normalized spacial score (nSPS) is 14.2. The molecule has 0 radical (unpaired) electrons. The highest BCUT2D eigenvalue weighted by Gasteiger charge is 2.27. The molecule has 1 aliphatic heterocycles. The second-order valence-corrected chi connectivity index (χ2v) is 9.71. The van der Waals surface area contributed by atoms with E-state index in [2.05, 4.69) is 5.32 Å². The average molecular weight is 474 g/mol. The lowest BCUT2D eigenvalue weighted by Gasteiger charge is -2.27. The second kappa shape index (κ2) is 10.8. The Morgan fingerprint density at radius 1 is 1.03 bits per heavy atom. The molecular formula is C24H31N3O5S. The smallest absolute Gasteiger partial charge is 0.255 e. The Kier molecular flexibility index (Phi) is 8.10. The summed E-state index contributed by atoms with van der Waals surface area (Å²) in [6, 6.07) is 11.2. The van der Waals surface area contributed by atoms with E-state index >= 15 is 0 Å². The van der Waals surface area contributed by atoms with Crippen LogP contribution in [0.15, 0.2) is 47.4 Å². The molecule has 2 aromatic rings. The van der Waals surface area contributed by atoms with Crippen molar-refractivity contribution in [2.75, 3.05) is 38.6 Å². The van der Waals surface area contributed by atoms with E-state index in [0.717, 1.165) is 19.3 Å². The molecule has 1 fully saturated rings. The molecule has 0 bridgehead atoms. The lowest BCUT2D eigenvalue weighted by molar-refractivity contribution is 0.0725. The topological polar surface area (TPSA) is 96.0 Å². The van der Waals surface area contributed by atoms with Crippen LogP contribution in [0, 0.1) is 0 Å². The van der Waals surface area contributed by atoms with E-state index in [1.165, 1.54) is 29.6 Å². The van der Waals surface area contributed by atoms with Crippen molar-refractivity contribution in [1.29, 1.82) is 0 Å². The maximum absolute atomic E-state index is 13.1. The van der Waals surface area contributed by atoms with Crippen molar-refractivity contribution >= 4 is 27.5 Å². The fourth-order valence-corrected chi connectivity index (χ4v) is 5.60. The quantitative estimate of drug-likeness (QED) is 0.632. The van der Waals surface area contributed by atoms with Crippen LogP contribution in [0.3, 0.4) is 0 Å². The van der Waals surface area contributed by atoms with Crippen LogP contribution in [0.1, 0.15) is 53.8 Å². The molecule has 2 amide bonds. The summed E-state index contributed by atoms with van der Waals surface area (Å²) in [5.41, 5.74) is 0.959. The summed E-state index contributed by atoms with van der Waals surface area (Å²) in [7, 11) is -2.45. The van der Waals surface area contributed by atoms with E-state index in [4.69, 9.17) is 4.74 Å². The van der Waals surface area contributed by atoms with Crippen molar-refractivity contribution in [3.05, 3.63) is 53.6 Å². The zero-order chi connectivity index (χ0) is 24.0. The van der Waals surface area contributed by atoms with Gasteiger partial charge in [-0.2, -0.15) is 4.31 Å². The van der Waals surface area contributed by atoms with Gasteiger partial charge in [0.25, 0.3) is 11.8 Å². The molecule has 178 valence electrons. The third-order valence-electron chi connectivity index (χ3n) is 5.80. The molecular weight excluding hydrogens is 442 g/mol. The van der Waals surface area contributed by atoms with Gasteiger partial charge in [0, 0.05) is 31.7 Å². The highest BCUT2D eigenvalue weighted by Crippen LogP contribution is 2.29. The predicted octanol–water partition coefficient (Wildman–Crippen LogP) is 3.60. The Balaban J connectivity index is 1.91. The predicted molar refractivity (Wildman–Crippen MR) is 127 cm³/mol. The summed E-state index contributed by atoms with van der Waals surface area (Å²) in [4.78, 5) is 27.8. The first-order chi connectivity index (χ1) is 15.8. The van der Waals surface area contributed by atoms with Gasteiger partial charge in [-0.15, -0.1) is 0 Å². The van der Waals surface area contributed by atoms with Crippen molar-refractivity contribution in [3.63, 3.8) is 0 Å². The van der Waals surface area contributed by atoms with Gasteiger partial charge in [-0.25, -0.2) is 8.42 Å². The van der Waals surface area contributed by atoms with Crippen molar-refractivity contribution in [2.45, 2.75) is 38.0 Å². The van der Waals surface area contributed by atoms with Gasteiger partial charge in [-0.3, -0.25) is 9.59 Å². The molecule has 8 nitrogen and oxygen atoms in total. The van der Waals surface area contributed by atoms with Gasteiger partial charge in [-0.05, 0) is 49.6 Å². The number of hydrogen-bond donors (Lipinski definition) is 1. The van der Waals surface area contributed by atoms with Gasteiger partial charge < -0.3 is 15.0 Å². The number of carbonyl (C=O) groups excluding carboxylic acids is 2. The number of para-hydroxylation sites is 1. The molecule has 0 spiro atoms. The number of amides is 2. The maximum atomic E-state index is 13.1. The van der Waals surface area contributed by atoms with E-state index in [0.29, 0.717) is 37.4 Å². The highest BCUT2D eigenvalue weighted by atomic mass is 32.2. The van der Waals surface area contributed by atoms with E-state index in [-0.39, 0.29) is 22.1 Å². The molecule has 2 aromatic carbocycles. The molecule has 0 aromatic heterocycles. The Morgan fingerprint density at radius 3 is 2.33 bits per heavy atom. The highest BCUT2D eigenvalue weighted by molar-refractivity contribution is 7.89. The zero-order valence-corrected chi connectivity index (χ0v) is 20.2. The van der Waals surface area contributed by atoms with Gasteiger partial charge in [0.15, 0.2) is 0 Å². The van der Waals surface area contributed by atoms with Crippen LogP contribution in [0.4, 0.5) is 5.69 Å². The molecule has 33 heavy (non-hydrogen) atoms. The van der Waals surface area contributed by atoms with Crippen LogP contribution in [-0.2, 0) is 10.0 Å². The number of anilines is 1. The zero-order valence-electron chi connectivity index (χ0n) is 19.3. The number of piperidine rings is 1. The van der Waals surface area contributed by atoms with Crippen molar-refractivity contribution in [1.82, 2.24) is 9.21 Å². The maximum Gasteiger partial charge on any atom is 0.255 e. The molecule has 1 heterocycles. The molecule has 3 rings (SSSR count). The minimum absolute atomic E-state index is 0.0703. The number of rotatable bonds is 8. The van der Waals surface area contributed by atoms with E-state index < -0.39 is 15.9 Å². The minimum Gasteiger partial charge on any atom is -0.495 e. The van der Waals surface area contributed by atoms with Crippen molar-refractivity contribution in [3.8, 4) is 5.75 Å². The number of methoxy groups -OCH3 is 1. The lowest BCUT2D eigenvalue weighted by Crippen LogP contribution is -2.36. The van der Waals surface area contributed by atoms with Crippen LogP contribution in [0.25, 0.3) is 0 Å².